The van der Waals surface area contributed by atoms with Crippen LogP contribution in [-0.4, -0.2) is 23.5 Å². The lowest BCUT2D eigenvalue weighted by Gasteiger charge is -2.16. The van der Waals surface area contributed by atoms with Gasteiger partial charge in [-0.15, -0.1) is 11.3 Å². The Labute approximate surface area is 177 Å². The van der Waals surface area contributed by atoms with Crippen LogP contribution in [0.5, 0.6) is 11.5 Å². The van der Waals surface area contributed by atoms with E-state index in [4.69, 9.17) is 9.47 Å². The first-order valence-electron chi connectivity index (χ1n) is 9.47. The lowest BCUT2D eigenvalue weighted by molar-refractivity contribution is -0.137. The molecule has 0 bridgehead atoms. The summed E-state index contributed by atoms with van der Waals surface area (Å²) in [6.45, 7) is 2.31. The summed E-state index contributed by atoms with van der Waals surface area (Å²) in [4.78, 5) is 28.6. The highest BCUT2D eigenvalue weighted by Crippen LogP contribution is 2.36. The average molecular weight is 418 g/mol. The van der Waals surface area contributed by atoms with Gasteiger partial charge < -0.3 is 14.8 Å². The summed E-state index contributed by atoms with van der Waals surface area (Å²) in [6, 6.07) is 16.9. The smallest absolute Gasteiger partial charge is 0.278 e. The van der Waals surface area contributed by atoms with E-state index in [-0.39, 0.29) is 25.2 Å². The van der Waals surface area contributed by atoms with E-state index in [9.17, 15) is 9.59 Å². The van der Waals surface area contributed by atoms with Crippen LogP contribution in [0.4, 0.5) is 5.69 Å². The molecule has 2 aromatic carbocycles. The summed E-state index contributed by atoms with van der Waals surface area (Å²) in [5, 5.41) is 5.08. The average Bonchev–Trinajstić information content (AvgIpc) is 3.46. The molecule has 0 saturated heterocycles. The quantitative estimate of drug-likeness (QED) is 0.630. The number of fused-ring (bicyclic) bond motifs is 1. The van der Waals surface area contributed by atoms with Crippen LogP contribution in [0.1, 0.15) is 16.0 Å². The predicted octanol–water partition coefficient (Wildman–Crippen LogP) is 4.18. The van der Waals surface area contributed by atoms with E-state index in [0.717, 1.165) is 21.7 Å². The van der Waals surface area contributed by atoms with Crippen molar-refractivity contribution < 1.29 is 19.1 Å². The number of aryl methyl sites for hydroxylation is 1. The summed E-state index contributed by atoms with van der Waals surface area (Å²) in [7, 11) is 0. The molecule has 30 heavy (non-hydrogen) atoms. The van der Waals surface area contributed by atoms with Crippen LogP contribution >= 0.6 is 11.3 Å². The van der Waals surface area contributed by atoms with Crippen LogP contribution in [-0.2, 0) is 16.1 Å². The molecule has 6 nitrogen and oxygen atoms in total. The zero-order chi connectivity index (χ0) is 20.7. The maximum Gasteiger partial charge on any atom is 0.278 e. The largest absolute Gasteiger partial charge is 0.454 e. The molecule has 5 rings (SSSR count). The Bertz CT molecular complexity index is 1180. The second-order valence-corrected chi connectivity index (χ2v) is 8.05. The first kappa shape index (κ1) is 18.4. The fourth-order valence-corrected chi connectivity index (χ4v) is 4.34. The number of anilines is 1. The number of thiophene rings is 1. The number of ether oxygens (including phenoxy) is 2. The number of carbonyl (C=O) groups is 2. The first-order chi connectivity index (χ1) is 14.6. The third-order valence-electron chi connectivity index (χ3n) is 5.00. The van der Waals surface area contributed by atoms with Crippen molar-refractivity contribution in [2.75, 3.05) is 12.1 Å². The lowest BCUT2D eigenvalue weighted by atomic mass is 10.1. The Balaban J connectivity index is 1.48. The highest BCUT2D eigenvalue weighted by Gasteiger charge is 2.39. The predicted molar refractivity (Wildman–Crippen MR) is 114 cm³/mol. The van der Waals surface area contributed by atoms with Crippen molar-refractivity contribution in [3.63, 3.8) is 0 Å². The van der Waals surface area contributed by atoms with Gasteiger partial charge in [-0.3, -0.25) is 14.5 Å². The minimum absolute atomic E-state index is 0.155. The molecule has 3 heterocycles. The van der Waals surface area contributed by atoms with Gasteiger partial charge in [-0.1, -0.05) is 24.3 Å². The number of hydrogen-bond donors (Lipinski definition) is 1. The Morgan fingerprint density at radius 3 is 2.67 bits per heavy atom. The van der Waals surface area contributed by atoms with Gasteiger partial charge in [0, 0.05) is 10.6 Å². The third-order valence-corrected chi connectivity index (χ3v) is 5.89. The van der Waals surface area contributed by atoms with Crippen LogP contribution in [0.2, 0.25) is 0 Å². The van der Waals surface area contributed by atoms with Crippen LogP contribution in [0.3, 0.4) is 0 Å². The molecule has 0 spiro atoms. The maximum absolute atomic E-state index is 13.3. The van der Waals surface area contributed by atoms with E-state index in [1.165, 1.54) is 16.2 Å². The first-order valence-corrected chi connectivity index (χ1v) is 10.3. The molecule has 2 aliphatic rings. The molecule has 2 aliphatic heterocycles. The van der Waals surface area contributed by atoms with Crippen LogP contribution in [0, 0.1) is 6.92 Å². The Kier molecular flexibility index (Phi) is 4.52. The van der Waals surface area contributed by atoms with E-state index in [2.05, 4.69) is 5.32 Å². The van der Waals surface area contributed by atoms with E-state index in [1.807, 2.05) is 54.8 Å². The number of benzene rings is 2. The molecule has 1 N–H and O–H groups in total. The molecule has 0 saturated carbocycles. The van der Waals surface area contributed by atoms with Crippen molar-refractivity contribution in [2.24, 2.45) is 0 Å². The van der Waals surface area contributed by atoms with Crippen molar-refractivity contribution in [1.82, 2.24) is 4.90 Å². The second kappa shape index (κ2) is 7.35. The van der Waals surface area contributed by atoms with E-state index in [1.54, 1.807) is 12.1 Å². The topological polar surface area (TPSA) is 67.9 Å². The number of nitrogens with one attached hydrogen (secondary N) is 1. The van der Waals surface area contributed by atoms with Gasteiger partial charge >= 0.3 is 0 Å². The van der Waals surface area contributed by atoms with Crippen LogP contribution < -0.4 is 14.8 Å². The zero-order valence-corrected chi connectivity index (χ0v) is 17.0. The van der Waals surface area contributed by atoms with E-state index in [0.29, 0.717) is 22.8 Å². The van der Waals surface area contributed by atoms with Gasteiger partial charge in [-0.05, 0) is 53.8 Å². The molecule has 7 heteroatoms. The zero-order valence-electron chi connectivity index (χ0n) is 16.2. The van der Waals surface area contributed by atoms with Gasteiger partial charge in [0.25, 0.3) is 11.8 Å². The molecule has 0 radical (unpaired) electrons. The van der Waals surface area contributed by atoms with Crippen LogP contribution in [0.25, 0.3) is 5.57 Å². The molecule has 2 amide bonds. The van der Waals surface area contributed by atoms with Gasteiger partial charge in [0.1, 0.15) is 5.70 Å². The molecule has 0 fully saturated rings. The number of rotatable bonds is 5. The Hall–Kier alpha value is -3.58. The second-order valence-electron chi connectivity index (χ2n) is 7.11. The summed E-state index contributed by atoms with van der Waals surface area (Å²) in [5.74, 6) is 0.631. The SMILES string of the molecule is Cc1cccc(NC2=C(c3cccs3)C(=O)N(Cc3ccc4c(c3)OCO4)C2=O)c1. The monoisotopic (exact) mass is 418 g/mol. The molecule has 0 unspecified atom stereocenters. The van der Waals surface area contributed by atoms with Crippen molar-refractivity contribution >= 4 is 34.4 Å². The minimum atomic E-state index is -0.345. The van der Waals surface area contributed by atoms with E-state index < -0.39 is 0 Å². The Morgan fingerprint density at radius 2 is 1.87 bits per heavy atom. The van der Waals surface area contributed by atoms with Crippen molar-refractivity contribution in [1.29, 1.82) is 0 Å². The van der Waals surface area contributed by atoms with Gasteiger partial charge in [0.15, 0.2) is 11.5 Å². The molecule has 3 aromatic rings. The number of carbonyl (C=O) groups excluding carboxylic acids is 2. The summed E-state index contributed by atoms with van der Waals surface area (Å²) >= 11 is 1.43. The normalized spacial score (nSPS) is 15.3. The number of hydrogen-bond acceptors (Lipinski definition) is 6. The van der Waals surface area contributed by atoms with E-state index >= 15 is 0 Å². The molecular weight excluding hydrogens is 400 g/mol. The Morgan fingerprint density at radius 1 is 1.00 bits per heavy atom. The summed E-state index contributed by atoms with van der Waals surface area (Å²) < 4.78 is 10.8. The standard InChI is InChI=1S/C23H18N2O4S/c1-14-4-2-5-16(10-14)24-21-20(19-6-3-9-30-19)22(26)25(23(21)27)12-15-7-8-17-18(11-15)29-13-28-17/h2-11,24H,12-13H2,1H3. The molecule has 1 aromatic heterocycles. The third kappa shape index (κ3) is 3.23. The van der Waals surface area contributed by atoms with Gasteiger partial charge in [-0.25, -0.2) is 0 Å². The fourth-order valence-electron chi connectivity index (χ4n) is 3.57. The number of amides is 2. The number of imide groups is 1. The van der Waals surface area contributed by atoms with Gasteiger partial charge in [0.05, 0.1) is 12.1 Å². The molecule has 0 atom stereocenters. The van der Waals surface area contributed by atoms with Gasteiger partial charge in [-0.2, -0.15) is 0 Å². The lowest BCUT2D eigenvalue weighted by Crippen LogP contribution is -2.31. The highest BCUT2D eigenvalue weighted by atomic mass is 32.1. The number of nitrogens with zero attached hydrogens (tertiary/aromatic N) is 1. The van der Waals surface area contributed by atoms with Gasteiger partial charge in [0.2, 0.25) is 6.79 Å². The molecule has 0 aliphatic carbocycles. The van der Waals surface area contributed by atoms with Crippen molar-refractivity contribution in [3.05, 3.63) is 81.7 Å². The molecular formula is C23H18N2O4S. The van der Waals surface area contributed by atoms with Crippen molar-refractivity contribution in [3.8, 4) is 11.5 Å². The summed E-state index contributed by atoms with van der Waals surface area (Å²) in [6.07, 6.45) is 0. The fraction of sp³-hybridized carbons (Fsp3) is 0.130. The molecule has 150 valence electrons. The summed E-state index contributed by atoms with van der Waals surface area (Å²) in [5.41, 5.74) is 3.33. The highest BCUT2D eigenvalue weighted by molar-refractivity contribution is 7.11. The maximum atomic E-state index is 13.3. The van der Waals surface area contributed by atoms with Crippen molar-refractivity contribution in [2.45, 2.75) is 13.5 Å². The minimum Gasteiger partial charge on any atom is -0.454 e. The van der Waals surface area contributed by atoms with Crippen LogP contribution in [0.15, 0.2) is 65.7 Å².